The second-order valence-corrected chi connectivity index (χ2v) is 6.83. The first-order chi connectivity index (χ1) is 14.4. The van der Waals surface area contributed by atoms with Crippen LogP contribution in [0.3, 0.4) is 0 Å². The van der Waals surface area contributed by atoms with E-state index < -0.39 is 30.1 Å². The lowest BCUT2D eigenvalue weighted by Crippen LogP contribution is -2.50. The van der Waals surface area contributed by atoms with Gasteiger partial charge in [-0.1, -0.05) is 48.5 Å². The van der Waals surface area contributed by atoms with Gasteiger partial charge in [0.15, 0.2) is 0 Å². The SMILES string of the molecule is CC(NC(=O)OCc1ccccc1)C(=O)NC(CC1=C[N]c2ccccc21)C(=O)O. The molecule has 8 heteroatoms. The minimum atomic E-state index is -1.17. The van der Waals surface area contributed by atoms with Crippen LogP contribution in [-0.4, -0.2) is 35.2 Å². The van der Waals surface area contributed by atoms with Crippen LogP contribution in [-0.2, 0) is 20.9 Å². The predicted molar refractivity (Wildman–Crippen MR) is 110 cm³/mol. The molecule has 0 spiro atoms. The van der Waals surface area contributed by atoms with Crippen molar-refractivity contribution in [3.63, 3.8) is 0 Å². The van der Waals surface area contributed by atoms with E-state index >= 15 is 0 Å². The number of alkyl carbamates (subject to hydrolysis) is 1. The van der Waals surface area contributed by atoms with Gasteiger partial charge in [0.1, 0.15) is 18.7 Å². The smallest absolute Gasteiger partial charge is 0.408 e. The van der Waals surface area contributed by atoms with Gasteiger partial charge >= 0.3 is 12.1 Å². The fourth-order valence-corrected chi connectivity index (χ4v) is 2.96. The van der Waals surface area contributed by atoms with Crippen LogP contribution in [0.2, 0.25) is 0 Å². The molecule has 0 aromatic heterocycles. The minimum Gasteiger partial charge on any atom is -0.480 e. The second-order valence-electron chi connectivity index (χ2n) is 6.83. The van der Waals surface area contributed by atoms with Crippen LogP contribution in [0, 0.1) is 0 Å². The molecule has 1 aliphatic heterocycles. The summed E-state index contributed by atoms with van der Waals surface area (Å²) in [6.45, 7) is 1.52. The van der Waals surface area contributed by atoms with Crippen molar-refractivity contribution in [3.8, 4) is 0 Å². The van der Waals surface area contributed by atoms with Crippen molar-refractivity contribution in [2.24, 2.45) is 0 Å². The number of rotatable bonds is 8. The molecule has 3 N–H and O–H groups in total. The molecule has 2 unspecified atom stereocenters. The Morgan fingerprint density at radius 3 is 2.47 bits per heavy atom. The van der Waals surface area contributed by atoms with Crippen LogP contribution in [0.25, 0.3) is 5.57 Å². The zero-order chi connectivity index (χ0) is 21.5. The van der Waals surface area contributed by atoms with Crippen molar-refractivity contribution in [2.45, 2.75) is 32.0 Å². The van der Waals surface area contributed by atoms with E-state index in [4.69, 9.17) is 4.74 Å². The molecule has 30 heavy (non-hydrogen) atoms. The van der Waals surface area contributed by atoms with Crippen molar-refractivity contribution in [1.29, 1.82) is 0 Å². The van der Waals surface area contributed by atoms with Gasteiger partial charge in [-0.15, -0.1) is 0 Å². The maximum atomic E-state index is 12.4. The molecule has 0 bridgehead atoms. The minimum absolute atomic E-state index is 0.0653. The summed E-state index contributed by atoms with van der Waals surface area (Å²) >= 11 is 0. The van der Waals surface area contributed by atoms with Gasteiger partial charge in [-0.25, -0.2) is 9.59 Å². The molecule has 0 saturated carbocycles. The van der Waals surface area contributed by atoms with Crippen LogP contribution < -0.4 is 16.0 Å². The van der Waals surface area contributed by atoms with Gasteiger partial charge in [-0.2, -0.15) is 0 Å². The number of carbonyl (C=O) groups is 3. The molecular formula is C22H22N3O5. The quantitative estimate of drug-likeness (QED) is 0.620. The number of ether oxygens (including phenoxy) is 1. The number of fused-ring (bicyclic) bond motifs is 1. The zero-order valence-electron chi connectivity index (χ0n) is 16.4. The summed E-state index contributed by atoms with van der Waals surface area (Å²) in [6, 6.07) is 14.4. The highest BCUT2D eigenvalue weighted by Crippen LogP contribution is 2.32. The number of carbonyl (C=O) groups excluding carboxylic acids is 2. The van der Waals surface area contributed by atoms with Gasteiger partial charge in [0.2, 0.25) is 5.91 Å². The highest BCUT2D eigenvalue weighted by atomic mass is 16.5. The molecule has 3 rings (SSSR count). The van der Waals surface area contributed by atoms with Gasteiger partial charge < -0.3 is 20.5 Å². The lowest BCUT2D eigenvalue weighted by atomic mass is 10.00. The third-order valence-electron chi connectivity index (χ3n) is 4.59. The number of carboxylic acids is 1. The van der Waals surface area contributed by atoms with E-state index in [-0.39, 0.29) is 13.0 Å². The highest BCUT2D eigenvalue weighted by Gasteiger charge is 2.27. The second kappa shape index (κ2) is 9.60. The Morgan fingerprint density at radius 2 is 1.73 bits per heavy atom. The number of nitrogens with one attached hydrogen (secondary N) is 2. The van der Waals surface area contributed by atoms with Crippen molar-refractivity contribution >= 4 is 29.2 Å². The predicted octanol–water partition coefficient (Wildman–Crippen LogP) is 2.55. The topological polar surface area (TPSA) is 119 Å². The Labute approximate surface area is 173 Å². The zero-order valence-corrected chi connectivity index (χ0v) is 16.4. The summed E-state index contributed by atoms with van der Waals surface area (Å²) in [6.07, 6.45) is 0.918. The Morgan fingerprint density at radius 1 is 1.03 bits per heavy atom. The molecule has 2 aromatic rings. The van der Waals surface area contributed by atoms with Crippen molar-refractivity contribution < 1.29 is 24.2 Å². The molecule has 2 atom stereocenters. The number of nitrogens with zero attached hydrogens (tertiary/aromatic N) is 1. The molecule has 0 saturated heterocycles. The van der Waals surface area contributed by atoms with Crippen LogP contribution in [0.5, 0.6) is 0 Å². The molecule has 2 amide bonds. The molecule has 1 radical (unpaired) electrons. The molecule has 1 heterocycles. The lowest BCUT2D eigenvalue weighted by Gasteiger charge is -2.19. The maximum absolute atomic E-state index is 12.4. The number of para-hydroxylation sites is 1. The first kappa shape index (κ1) is 20.9. The van der Waals surface area contributed by atoms with Gasteiger partial charge in [0.05, 0.1) is 5.69 Å². The summed E-state index contributed by atoms with van der Waals surface area (Å²) in [7, 11) is 0. The average molecular weight is 408 g/mol. The molecule has 0 aliphatic carbocycles. The Kier molecular flexibility index (Phi) is 6.69. The molecular weight excluding hydrogens is 386 g/mol. The summed E-state index contributed by atoms with van der Waals surface area (Å²) in [4.78, 5) is 36.0. The van der Waals surface area contributed by atoms with Gasteiger partial charge in [0, 0.05) is 18.2 Å². The fourth-order valence-electron chi connectivity index (χ4n) is 2.96. The molecule has 1 aliphatic rings. The van der Waals surface area contributed by atoms with Crippen LogP contribution in [0.4, 0.5) is 10.5 Å². The fraction of sp³-hybridized carbons (Fsp3) is 0.227. The van der Waals surface area contributed by atoms with Crippen LogP contribution in [0.1, 0.15) is 24.5 Å². The Hall–Kier alpha value is -3.81. The lowest BCUT2D eigenvalue weighted by molar-refractivity contribution is -0.141. The van der Waals surface area contributed by atoms with Crippen LogP contribution >= 0.6 is 0 Å². The number of hydrogen-bond acceptors (Lipinski definition) is 4. The summed E-state index contributed by atoms with van der Waals surface area (Å²) in [5.41, 5.74) is 3.14. The number of aliphatic carboxylic acids is 1. The third-order valence-corrected chi connectivity index (χ3v) is 4.59. The Balaban J connectivity index is 1.52. The average Bonchev–Trinajstić information content (AvgIpc) is 3.15. The van der Waals surface area contributed by atoms with E-state index in [0.717, 1.165) is 22.4 Å². The largest absolute Gasteiger partial charge is 0.480 e. The number of amides is 2. The summed E-state index contributed by atoms with van der Waals surface area (Å²) in [5.74, 6) is -1.80. The number of benzene rings is 2. The first-order valence-electron chi connectivity index (χ1n) is 9.43. The van der Waals surface area contributed by atoms with E-state index in [0.29, 0.717) is 0 Å². The maximum Gasteiger partial charge on any atom is 0.408 e. The Bertz CT molecular complexity index is 958. The van der Waals surface area contributed by atoms with E-state index in [2.05, 4.69) is 16.0 Å². The van der Waals surface area contributed by atoms with Crippen LogP contribution in [0.15, 0.2) is 60.8 Å². The molecule has 2 aromatic carbocycles. The standard InChI is InChI=1S/C22H22N3O5/c1-14(24-22(29)30-13-15-7-3-2-4-8-15)20(26)25-19(21(27)28)11-16-12-23-18-10-6-5-9-17(16)18/h2-10,12,14,19H,11,13H2,1H3,(H,24,29)(H,25,26)(H,27,28). The van der Waals surface area contributed by atoms with Crippen molar-refractivity contribution in [2.75, 3.05) is 0 Å². The molecule has 155 valence electrons. The number of hydrogen-bond donors (Lipinski definition) is 3. The van der Waals surface area contributed by atoms with Gasteiger partial charge in [0.25, 0.3) is 0 Å². The van der Waals surface area contributed by atoms with E-state index in [9.17, 15) is 19.5 Å². The van der Waals surface area contributed by atoms with Gasteiger partial charge in [-0.05, 0) is 24.1 Å². The monoisotopic (exact) mass is 408 g/mol. The van der Waals surface area contributed by atoms with E-state index in [1.807, 2.05) is 54.6 Å². The normalized spacial score (nSPS) is 13.8. The summed E-state index contributed by atoms with van der Waals surface area (Å²) in [5, 5.41) is 18.6. The third kappa shape index (κ3) is 5.38. The van der Waals surface area contributed by atoms with Crippen molar-refractivity contribution in [3.05, 3.63) is 71.9 Å². The van der Waals surface area contributed by atoms with E-state index in [1.165, 1.54) is 6.92 Å². The molecule has 0 fully saturated rings. The highest BCUT2D eigenvalue weighted by molar-refractivity contribution is 5.90. The van der Waals surface area contributed by atoms with Crippen molar-refractivity contribution in [1.82, 2.24) is 16.0 Å². The van der Waals surface area contributed by atoms with Gasteiger partial charge in [-0.3, -0.25) is 10.1 Å². The molecule has 8 nitrogen and oxygen atoms in total. The summed E-state index contributed by atoms with van der Waals surface area (Å²) < 4.78 is 5.08. The van der Waals surface area contributed by atoms with E-state index in [1.54, 1.807) is 6.20 Å². The first-order valence-corrected chi connectivity index (χ1v) is 9.43. The number of carboxylic acid groups (broad SMARTS) is 1.